The quantitative estimate of drug-likeness (QED) is 0.285. The van der Waals surface area contributed by atoms with Crippen molar-refractivity contribution in [3.8, 4) is 0 Å². The van der Waals surface area contributed by atoms with Gasteiger partial charge < -0.3 is 16.1 Å². The minimum atomic E-state index is -0.920. The summed E-state index contributed by atoms with van der Waals surface area (Å²) in [5, 5.41) is 21.9. The van der Waals surface area contributed by atoms with Crippen LogP contribution in [0.25, 0.3) is 0 Å². The van der Waals surface area contributed by atoms with Crippen molar-refractivity contribution >= 4 is 5.97 Å². The van der Waals surface area contributed by atoms with Gasteiger partial charge in [-0.2, -0.15) is 0 Å². The second-order valence-electron chi connectivity index (χ2n) is 5.10. The molecule has 0 radical (unpaired) electrons. The summed E-state index contributed by atoms with van der Waals surface area (Å²) in [6.45, 7) is 6.55. The van der Waals surface area contributed by atoms with Gasteiger partial charge in [0.25, 0.3) is 0 Å². The zero-order valence-electron chi connectivity index (χ0n) is 14.8. The number of benzene rings is 1. The molecule has 0 aliphatic rings. The van der Waals surface area contributed by atoms with Crippen molar-refractivity contribution < 1.29 is 39.9 Å². The molecule has 6 heteroatoms. The first-order chi connectivity index (χ1) is 10.1. The molecule has 0 fully saturated rings. The number of carbonyl (C=O) groups is 1. The molecule has 0 heterocycles. The SMILES string of the molecule is CC(C)c1ccccc1.CCCCCCCC(=O)[O-].N.OO.[Zn]. The Hall–Kier alpha value is -0.807. The van der Waals surface area contributed by atoms with Crippen LogP contribution in [0, 0.1) is 0 Å². The van der Waals surface area contributed by atoms with Crippen molar-refractivity contribution in [2.24, 2.45) is 0 Å². The van der Waals surface area contributed by atoms with Gasteiger partial charge >= 0.3 is 0 Å². The number of aliphatic carboxylic acids is 1. The number of hydrogen-bond donors (Lipinski definition) is 3. The number of carbonyl (C=O) groups excluding carboxylic acids is 1. The van der Waals surface area contributed by atoms with Gasteiger partial charge in [0.05, 0.1) is 0 Å². The number of hydrogen-bond acceptors (Lipinski definition) is 5. The Labute approximate surface area is 153 Å². The molecule has 0 aliphatic carbocycles. The van der Waals surface area contributed by atoms with Gasteiger partial charge in [0.15, 0.2) is 0 Å². The van der Waals surface area contributed by atoms with Crippen molar-refractivity contribution in [1.29, 1.82) is 0 Å². The van der Waals surface area contributed by atoms with Crippen LogP contribution < -0.4 is 11.3 Å². The van der Waals surface area contributed by atoms with Gasteiger partial charge in [0.2, 0.25) is 0 Å². The van der Waals surface area contributed by atoms with Gasteiger partial charge in [-0.15, -0.1) is 0 Å². The topological polar surface area (TPSA) is 116 Å². The van der Waals surface area contributed by atoms with E-state index in [1.54, 1.807) is 0 Å². The molecule has 0 saturated carbocycles. The van der Waals surface area contributed by atoms with E-state index in [-0.39, 0.29) is 32.0 Å². The zero-order valence-corrected chi connectivity index (χ0v) is 17.8. The molecule has 132 valence electrons. The molecule has 1 aromatic carbocycles. The molecule has 0 amide bonds. The zero-order chi connectivity index (χ0) is 16.5. The Morgan fingerprint density at radius 3 is 1.87 bits per heavy atom. The van der Waals surface area contributed by atoms with Crippen LogP contribution in [0.1, 0.15) is 70.8 Å². The molecule has 0 unspecified atom stereocenters. The molecule has 0 spiro atoms. The first kappa shape index (κ1) is 30.1. The van der Waals surface area contributed by atoms with E-state index in [4.69, 9.17) is 10.5 Å². The Balaban J connectivity index is -0.000000131. The molecule has 0 atom stereocenters. The smallest absolute Gasteiger partial charge is 0.0414 e. The average molecular weight is 380 g/mol. The first-order valence-electron chi connectivity index (χ1n) is 7.52. The molecule has 5 nitrogen and oxygen atoms in total. The first-order valence-corrected chi connectivity index (χ1v) is 7.52. The Morgan fingerprint density at radius 1 is 1.04 bits per heavy atom. The molecule has 0 aliphatic heterocycles. The molecule has 0 saturated heterocycles. The number of unbranched alkanes of at least 4 members (excludes halogenated alkanes) is 4. The van der Waals surface area contributed by atoms with E-state index in [2.05, 4.69) is 45.0 Å². The molecule has 1 aromatic rings. The summed E-state index contributed by atoms with van der Waals surface area (Å²) in [4.78, 5) is 9.92. The van der Waals surface area contributed by atoms with Crippen LogP contribution in [-0.4, -0.2) is 16.5 Å². The van der Waals surface area contributed by atoms with E-state index in [9.17, 15) is 9.90 Å². The third-order valence-corrected chi connectivity index (χ3v) is 2.95. The van der Waals surface area contributed by atoms with Crippen LogP contribution in [0.4, 0.5) is 0 Å². The van der Waals surface area contributed by atoms with E-state index in [0.29, 0.717) is 5.92 Å². The maximum absolute atomic E-state index is 9.92. The normalized spacial score (nSPS) is 8.43. The van der Waals surface area contributed by atoms with Gasteiger partial charge in [-0.3, -0.25) is 10.5 Å². The molecule has 0 bridgehead atoms. The maximum Gasteiger partial charge on any atom is 0.0414 e. The van der Waals surface area contributed by atoms with Crippen molar-refractivity contribution in [2.75, 3.05) is 0 Å². The Morgan fingerprint density at radius 2 is 1.52 bits per heavy atom. The van der Waals surface area contributed by atoms with Crippen molar-refractivity contribution in [3.05, 3.63) is 35.9 Å². The van der Waals surface area contributed by atoms with Crippen molar-refractivity contribution in [1.82, 2.24) is 6.15 Å². The predicted octanol–water partition coefficient (Wildman–Crippen LogP) is 4.08. The molecule has 5 N–H and O–H groups in total. The van der Waals surface area contributed by atoms with Crippen LogP contribution in [0.3, 0.4) is 0 Å². The second kappa shape index (κ2) is 23.5. The summed E-state index contributed by atoms with van der Waals surface area (Å²) >= 11 is 0. The fourth-order valence-electron chi connectivity index (χ4n) is 1.71. The average Bonchev–Trinajstić information content (AvgIpc) is 2.50. The van der Waals surface area contributed by atoms with Gasteiger partial charge in [0, 0.05) is 25.4 Å². The van der Waals surface area contributed by atoms with E-state index in [1.807, 2.05) is 6.07 Å². The fourth-order valence-corrected chi connectivity index (χ4v) is 1.71. The van der Waals surface area contributed by atoms with E-state index >= 15 is 0 Å². The monoisotopic (exact) mass is 378 g/mol. The van der Waals surface area contributed by atoms with Crippen LogP contribution in [0.5, 0.6) is 0 Å². The van der Waals surface area contributed by atoms with Crippen molar-refractivity contribution in [2.45, 2.75) is 65.2 Å². The van der Waals surface area contributed by atoms with Crippen LogP contribution >= 0.6 is 0 Å². The summed E-state index contributed by atoms with van der Waals surface area (Å²) in [7, 11) is 0. The second-order valence-corrected chi connectivity index (χ2v) is 5.10. The molecule has 1 rings (SSSR count). The number of rotatable bonds is 7. The molecule has 0 aromatic heterocycles. The van der Waals surface area contributed by atoms with E-state index < -0.39 is 5.97 Å². The van der Waals surface area contributed by atoms with Gasteiger partial charge in [-0.05, 0) is 24.3 Å². The van der Waals surface area contributed by atoms with E-state index in [0.717, 1.165) is 19.3 Å². The third kappa shape index (κ3) is 23.6. The summed E-state index contributed by atoms with van der Waals surface area (Å²) in [6, 6.07) is 10.5. The number of carboxylic acids is 1. The van der Waals surface area contributed by atoms with Gasteiger partial charge in [0.1, 0.15) is 0 Å². The van der Waals surface area contributed by atoms with Gasteiger partial charge in [-0.1, -0.05) is 76.8 Å². The van der Waals surface area contributed by atoms with Crippen molar-refractivity contribution in [3.63, 3.8) is 0 Å². The number of carboxylic acid groups (broad SMARTS) is 1. The largest absolute Gasteiger partial charge is 0.550 e. The van der Waals surface area contributed by atoms with Crippen LogP contribution in [0.2, 0.25) is 0 Å². The molecular formula is C17H32NO4Zn-. The third-order valence-electron chi connectivity index (χ3n) is 2.95. The Bertz CT molecular complexity index is 335. The summed E-state index contributed by atoms with van der Waals surface area (Å²) in [6.07, 6.45) is 5.61. The van der Waals surface area contributed by atoms with E-state index in [1.165, 1.54) is 18.4 Å². The standard InChI is InChI=1S/C9H12.C8H16O2.H3N.H2O2.Zn/c1-8(2)9-6-4-3-5-7-9;1-2-3-4-5-6-7-8(9)10;;1-2;/h3-8H,1-2H3;2-7H2,1H3,(H,9,10);1H3;1-2H;/p-1. The van der Waals surface area contributed by atoms with Crippen LogP contribution in [-0.2, 0) is 24.3 Å². The summed E-state index contributed by atoms with van der Waals surface area (Å²) in [5.74, 6) is -0.261. The minimum Gasteiger partial charge on any atom is -0.550 e. The van der Waals surface area contributed by atoms with Gasteiger partial charge in [-0.25, -0.2) is 0 Å². The fraction of sp³-hybridized carbons (Fsp3) is 0.588. The molecule has 23 heavy (non-hydrogen) atoms. The molecular weight excluding hydrogens is 348 g/mol. The maximum atomic E-state index is 9.92. The van der Waals surface area contributed by atoms with Crippen LogP contribution in [0.15, 0.2) is 30.3 Å². The Kier molecular flexibility index (Phi) is 30.7. The summed E-state index contributed by atoms with van der Waals surface area (Å²) in [5.41, 5.74) is 1.41. The predicted molar refractivity (Wildman–Crippen MR) is 89.2 cm³/mol. The minimum absolute atomic E-state index is 0. The summed E-state index contributed by atoms with van der Waals surface area (Å²) < 4.78 is 0.